The molecule has 1 aliphatic heterocycles. The minimum Gasteiger partial charge on any atom is -0.462 e. The SMILES string of the molecule is CCCCCC/C=C\C/C=C\CCCCCCCCCC(=O)OCC(COC1OC(CS(=O)(=O)O)C(O)C(O)C1O)OC(=O)CCCCCCCCCCC/C=C\C/C=C\CCCCCCC. The molecule has 0 aromatic heterocycles. The van der Waals surface area contributed by atoms with E-state index in [9.17, 15) is 37.9 Å². The van der Waals surface area contributed by atoms with E-state index in [-0.39, 0.29) is 19.4 Å². The van der Waals surface area contributed by atoms with Crippen LogP contribution in [0.3, 0.4) is 0 Å². The fraction of sp³-hybridized carbons (Fsp3) is 0.815. The van der Waals surface area contributed by atoms with Gasteiger partial charge in [-0.25, -0.2) is 0 Å². The first-order chi connectivity index (χ1) is 32.5. The summed E-state index contributed by atoms with van der Waals surface area (Å²) in [6.45, 7) is 3.75. The molecule has 0 aliphatic carbocycles. The van der Waals surface area contributed by atoms with Gasteiger partial charge < -0.3 is 34.3 Å². The van der Waals surface area contributed by atoms with Gasteiger partial charge in [0, 0.05) is 12.8 Å². The lowest BCUT2D eigenvalue weighted by Crippen LogP contribution is -2.60. The van der Waals surface area contributed by atoms with Gasteiger partial charge in [-0.2, -0.15) is 8.42 Å². The highest BCUT2D eigenvalue weighted by molar-refractivity contribution is 7.85. The molecule has 12 nitrogen and oxygen atoms in total. The molecule has 67 heavy (non-hydrogen) atoms. The van der Waals surface area contributed by atoms with Crippen LogP contribution in [-0.2, 0) is 38.7 Å². The van der Waals surface area contributed by atoms with Crippen LogP contribution in [0.5, 0.6) is 0 Å². The lowest BCUT2D eigenvalue weighted by atomic mass is 10.00. The molecule has 1 fully saturated rings. The highest BCUT2D eigenvalue weighted by Crippen LogP contribution is 2.24. The summed E-state index contributed by atoms with van der Waals surface area (Å²) in [5.41, 5.74) is 0. The Labute approximate surface area is 407 Å². The number of rotatable bonds is 45. The molecule has 0 radical (unpaired) electrons. The Morgan fingerprint density at radius 2 is 0.896 bits per heavy atom. The number of carbonyl (C=O) groups excluding carboxylic acids is 2. The fourth-order valence-electron chi connectivity index (χ4n) is 7.97. The van der Waals surface area contributed by atoms with Gasteiger partial charge in [0.15, 0.2) is 12.4 Å². The van der Waals surface area contributed by atoms with Crippen LogP contribution in [0, 0.1) is 0 Å². The molecule has 0 amide bonds. The Kier molecular flexibility index (Phi) is 40.8. The normalized spacial score (nSPS) is 19.6. The number of unbranched alkanes of at least 4 members (excludes halogenated alkanes) is 25. The first-order valence-electron chi connectivity index (χ1n) is 26.7. The Morgan fingerprint density at radius 3 is 1.33 bits per heavy atom. The van der Waals surface area contributed by atoms with Crippen LogP contribution in [0.2, 0.25) is 0 Å². The van der Waals surface area contributed by atoms with Crippen molar-refractivity contribution in [3.63, 3.8) is 0 Å². The van der Waals surface area contributed by atoms with E-state index in [4.69, 9.17) is 18.9 Å². The molecule has 0 aromatic rings. The number of allylic oxidation sites excluding steroid dienone is 8. The van der Waals surface area contributed by atoms with Crippen molar-refractivity contribution >= 4 is 22.1 Å². The number of aliphatic hydroxyl groups is 3. The summed E-state index contributed by atoms with van der Waals surface area (Å²) in [5, 5.41) is 31.0. The molecular formula is C54H96O12S. The molecule has 390 valence electrons. The summed E-state index contributed by atoms with van der Waals surface area (Å²) in [5.74, 6) is -1.99. The Hall–Kier alpha value is -2.39. The average molecular weight is 969 g/mol. The summed E-state index contributed by atoms with van der Waals surface area (Å²) < 4.78 is 54.3. The third-order valence-electron chi connectivity index (χ3n) is 12.1. The van der Waals surface area contributed by atoms with Crippen LogP contribution in [0.4, 0.5) is 0 Å². The van der Waals surface area contributed by atoms with Gasteiger partial charge in [-0.05, 0) is 77.0 Å². The smallest absolute Gasteiger partial charge is 0.306 e. The number of hydrogen-bond donors (Lipinski definition) is 4. The molecule has 6 atom stereocenters. The first-order valence-corrected chi connectivity index (χ1v) is 28.3. The zero-order chi connectivity index (χ0) is 49.1. The summed E-state index contributed by atoms with van der Waals surface area (Å²) in [6, 6.07) is 0. The van der Waals surface area contributed by atoms with Gasteiger partial charge >= 0.3 is 11.9 Å². The minimum atomic E-state index is -4.61. The number of aliphatic hydroxyl groups excluding tert-OH is 3. The molecule has 1 rings (SSSR count). The Morgan fingerprint density at radius 1 is 0.507 bits per heavy atom. The molecule has 4 N–H and O–H groups in total. The highest BCUT2D eigenvalue weighted by atomic mass is 32.2. The van der Waals surface area contributed by atoms with Crippen LogP contribution >= 0.6 is 0 Å². The number of esters is 2. The van der Waals surface area contributed by atoms with Crippen molar-refractivity contribution in [3.05, 3.63) is 48.6 Å². The zero-order valence-corrected chi connectivity index (χ0v) is 42.8. The molecule has 1 heterocycles. The maximum Gasteiger partial charge on any atom is 0.306 e. The van der Waals surface area contributed by atoms with Crippen molar-refractivity contribution in [3.8, 4) is 0 Å². The lowest BCUT2D eigenvalue weighted by molar-refractivity contribution is -0.297. The predicted molar refractivity (Wildman–Crippen MR) is 270 cm³/mol. The van der Waals surface area contributed by atoms with E-state index in [0.29, 0.717) is 12.8 Å². The Bertz CT molecular complexity index is 1410. The van der Waals surface area contributed by atoms with Gasteiger partial charge in [-0.1, -0.05) is 184 Å². The highest BCUT2D eigenvalue weighted by Gasteiger charge is 2.46. The van der Waals surface area contributed by atoms with Crippen molar-refractivity contribution in [2.45, 2.75) is 263 Å². The van der Waals surface area contributed by atoms with Crippen molar-refractivity contribution in [2.24, 2.45) is 0 Å². The largest absolute Gasteiger partial charge is 0.462 e. The van der Waals surface area contributed by atoms with Gasteiger partial charge in [0.05, 0.1) is 6.61 Å². The third-order valence-corrected chi connectivity index (χ3v) is 12.9. The molecule has 1 saturated heterocycles. The van der Waals surface area contributed by atoms with Crippen molar-refractivity contribution in [1.29, 1.82) is 0 Å². The maximum atomic E-state index is 12.9. The van der Waals surface area contributed by atoms with E-state index in [0.717, 1.165) is 77.0 Å². The first kappa shape index (κ1) is 62.6. The fourth-order valence-corrected chi connectivity index (χ4v) is 8.66. The second-order valence-corrected chi connectivity index (χ2v) is 20.0. The molecule has 6 unspecified atom stereocenters. The second-order valence-electron chi connectivity index (χ2n) is 18.5. The molecular weight excluding hydrogens is 873 g/mol. The topological polar surface area (TPSA) is 186 Å². The van der Waals surface area contributed by atoms with Gasteiger partial charge in [-0.15, -0.1) is 0 Å². The third kappa shape index (κ3) is 38.1. The van der Waals surface area contributed by atoms with Crippen molar-refractivity contribution < 1.29 is 56.8 Å². The van der Waals surface area contributed by atoms with E-state index in [1.165, 1.54) is 109 Å². The van der Waals surface area contributed by atoms with Gasteiger partial charge in [-0.3, -0.25) is 14.1 Å². The van der Waals surface area contributed by atoms with E-state index in [1.54, 1.807) is 0 Å². The number of hydrogen-bond acceptors (Lipinski definition) is 11. The second kappa shape index (κ2) is 43.6. The van der Waals surface area contributed by atoms with E-state index in [2.05, 4.69) is 62.5 Å². The molecule has 0 spiro atoms. The monoisotopic (exact) mass is 969 g/mol. The summed E-state index contributed by atoms with van der Waals surface area (Å²) in [4.78, 5) is 25.6. The maximum absolute atomic E-state index is 12.9. The number of ether oxygens (including phenoxy) is 4. The number of carbonyl (C=O) groups is 2. The molecule has 1 aliphatic rings. The minimum absolute atomic E-state index is 0.157. The van der Waals surface area contributed by atoms with Crippen molar-refractivity contribution in [1.82, 2.24) is 0 Å². The van der Waals surface area contributed by atoms with Gasteiger partial charge in [0.25, 0.3) is 10.1 Å². The van der Waals surface area contributed by atoms with Crippen LogP contribution in [0.1, 0.15) is 226 Å². The molecule has 0 aromatic carbocycles. The van der Waals surface area contributed by atoms with E-state index in [1.807, 2.05) is 0 Å². The van der Waals surface area contributed by atoms with E-state index < -0.39 is 71.2 Å². The molecule has 0 saturated carbocycles. The molecule has 13 heteroatoms. The average Bonchev–Trinajstić information content (AvgIpc) is 3.30. The zero-order valence-electron chi connectivity index (χ0n) is 42.0. The summed E-state index contributed by atoms with van der Waals surface area (Å²) in [6.07, 6.45) is 44.3. The summed E-state index contributed by atoms with van der Waals surface area (Å²) in [7, 11) is -4.61. The summed E-state index contributed by atoms with van der Waals surface area (Å²) >= 11 is 0. The van der Waals surface area contributed by atoms with Crippen LogP contribution in [0.25, 0.3) is 0 Å². The van der Waals surface area contributed by atoms with Gasteiger partial charge in [0.2, 0.25) is 0 Å². The predicted octanol–water partition coefficient (Wildman–Crippen LogP) is 12.3. The van der Waals surface area contributed by atoms with Gasteiger partial charge in [0.1, 0.15) is 36.8 Å². The van der Waals surface area contributed by atoms with Crippen LogP contribution in [0.15, 0.2) is 48.6 Å². The van der Waals surface area contributed by atoms with E-state index >= 15 is 0 Å². The Balaban J connectivity index is 2.37. The standard InChI is InChI=1S/C54H96O12S/c1-3-5-7-9-11-13-15-17-19-21-23-24-25-27-29-31-33-35-37-39-41-43-50(56)65-47(45-64-54-53(59)52(58)51(57)48(66-54)46-67(60,61)62)44-63-49(55)42-40-38-36-34-32-30-28-26-22-20-18-16-14-12-10-8-6-4-2/h14-17,20-23,47-48,51-54,57-59H,3-13,18-19,24-46H2,1-2H3,(H,60,61,62)/b16-14-,17-15-,22-20-,23-21-. The molecule has 0 bridgehead atoms. The van der Waals surface area contributed by atoms with Crippen LogP contribution in [-0.4, -0.2) is 96.0 Å². The lowest BCUT2D eigenvalue weighted by Gasteiger charge is -2.40. The van der Waals surface area contributed by atoms with Crippen LogP contribution < -0.4 is 0 Å². The van der Waals surface area contributed by atoms with Crippen molar-refractivity contribution in [2.75, 3.05) is 19.0 Å². The quantitative estimate of drug-likeness (QED) is 0.0196.